The number of aromatic nitrogens is 1. The summed E-state index contributed by atoms with van der Waals surface area (Å²) in [4.78, 5) is 2.52. The van der Waals surface area contributed by atoms with E-state index in [1.165, 1.54) is 50.4 Å². The standard InChI is InChI=1S/C12H22N4OS/c1-3-6-16-7-4-9(5-8-16)14-12-10(17-2)11(13)15-18-12/h9,14H,3-8H2,1-2H3,(H2,13,15). The van der Waals surface area contributed by atoms with Crippen LogP contribution in [0.15, 0.2) is 0 Å². The molecule has 0 aliphatic carbocycles. The third-order valence-corrected chi connectivity index (χ3v) is 4.11. The molecule has 0 bridgehead atoms. The first-order chi connectivity index (χ1) is 8.74. The van der Waals surface area contributed by atoms with Gasteiger partial charge in [-0.3, -0.25) is 0 Å². The Morgan fingerprint density at radius 1 is 1.50 bits per heavy atom. The lowest BCUT2D eigenvalue weighted by Gasteiger charge is -2.32. The van der Waals surface area contributed by atoms with Gasteiger partial charge in [-0.05, 0) is 37.3 Å². The zero-order chi connectivity index (χ0) is 13.0. The third-order valence-electron chi connectivity index (χ3n) is 3.34. The van der Waals surface area contributed by atoms with E-state index in [4.69, 9.17) is 10.5 Å². The van der Waals surface area contributed by atoms with Gasteiger partial charge in [0.15, 0.2) is 16.6 Å². The average molecular weight is 270 g/mol. The maximum atomic E-state index is 5.74. The van der Waals surface area contributed by atoms with E-state index in [9.17, 15) is 0 Å². The van der Waals surface area contributed by atoms with Crippen molar-refractivity contribution in [2.24, 2.45) is 0 Å². The summed E-state index contributed by atoms with van der Waals surface area (Å²) in [5.41, 5.74) is 5.74. The Morgan fingerprint density at radius 2 is 2.22 bits per heavy atom. The van der Waals surface area contributed by atoms with Crippen LogP contribution in [0, 0.1) is 0 Å². The molecule has 1 aliphatic rings. The van der Waals surface area contributed by atoms with Crippen LogP contribution in [0.2, 0.25) is 0 Å². The molecule has 1 aromatic rings. The number of ether oxygens (including phenoxy) is 1. The summed E-state index contributed by atoms with van der Waals surface area (Å²) in [5, 5.41) is 4.47. The SMILES string of the molecule is CCCN1CCC(Nc2snc(N)c2OC)CC1. The molecule has 2 rings (SSSR count). The molecular formula is C12H22N4OS. The van der Waals surface area contributed by atoms with Crippen molar-refractivity contribution in [2.45, 2.75) is 32.2 Å². The Hall–Kier alpha value is -1.01. The summed E-state index contributed by atoms with van der Waals surface area (Å²) in [7, 11) is 1.63. The van der Waals surface area contributed by atoms with Crippen LogP contribution in [0.1, 0.15) is 26.2 Å². The molecule has 0 saturated carbocycles. The van der Waals surface area contributed by atoms with Crippen molar-refractivity contribution in [1.29, 1.82) is 0 Å². The predicted octanol–water partition coefficient (Wildman–Crippen LogP) is 2.02. The first kappa shape index (κ1) is 13.4. The van der Waals surface area contributed by atoms with Crippen LogP contribution >= 0.6 is 11.5 Å². The second kappa shape index (κ2) is 6.24. The molecule has 0 amide bonds. The molecule has 6 heteroatoms. The van der Waals surface area contributed by atoms with Gasteiger partial charge in [-0.2, -0.15) is 4.37 Å². The number of rotatable bonds is 5. The number of nitrogens with two attached hydrogens (primary N) is 1. The Labute approximate surface area is 112 Å². The van der Waals surface area contributed by atoms with Crippen molar-refractivity contribution in [2.75, 3.05) is 37.8 Å². The van der Waals surface area contributed by atoms with E-state index in [-0.39, 0.29) is 0 Å². The molecule has 1 saturated heterocycles. The van der Waals surface area contributed by atoms with E-state index < -0.39 is 0 Å². The topological polar surface area (TPSA) is 63.4 Å². The molecule has 0 spiro atoms. The molecule has 1 aromatic heterocycles. The van der Waals surface area contributed by atoms with Crippen molar-refractivity contribution < 1.29 is 4.74 Å². The van der Waals surface area contributed by atoms with Crippen molar-refractivity contribution in [3.63, 3.8) is 0 Å². The molecule has 1 aliphatic heterocycles. The lowest BCUT2D eigenvalue weighted by Crippen LogP contribution is -2.39. The molecular weight excluding hydrogens is 248 g/mol. The fourth-order valence-corrected chi connectivity index (χ4v) is 3.15. The molecule has 102 valence electrons. The highest BCUT2D eigenvalue weighted by atomic mass is 32.1. The highest BCUT2D eigenvalue weighted by molar-refractivity contribution is 7.11. The molecule has 2 heterocycles. The van der Waals surface area contributed by atoms with Crippen LogP contribution in [0.25, 0.3) is 0 Å². The molecule has 18 heavy (non-hydrogen) atoms. The first-order valence-corrected chi connectivity index (χ1v) is 7.30. The first-order valence-electron chi connectivity index (χ1n) is 6.52. The van der Waals surface area contributed by atoms with Crippen LogP contribution in [0.4, 0.5) is 10.8 Å². The Balaban J connectivity index is 1.87. The third kappa shape index (κ3) is 3.05. The van der Waals surface area contributed by atoms with Crippen molar-refractivity contribution >= 4 is 22.4 Å². The van der Waals surface area contributed by atoms with Crippen LogP contribution in [0.3, 0.4) is 0 Å². The summed E-state index contributed by atoms with van der Waals surface area (Å²) in [6, 6.07) is 0.506. The van der Waals surface area contributed by atoms with E-state index in [0.29, 0.717) is 17.6 Å². The van der Waals surface area contributed by atoms with Gasteiger partial charge in [-0.15, -0.1) is 0 Å². The van der Waals surface area contributed by atoms with Crippen LogP contribution in [-0.4, -0.2) is 42.1 Å². The summed E-state index contributed by atoms with van der Waals surface area (Å²) in [6.45, 7) is 5.78. The molecule has 3 N–H and O–H groups in total. The largest absolute Gasteiger partial charge is 0.490 e. The van der Waals surface area contributed by atoms with Crippen molar-refractivity contribution in [3.8, 4) is 5.75 Å². The second-order valence-corrected chi connectivity index (χ2v) is 5.46. The van der Waals surface area contributed by atoms with E-state index >= 15 is 0 Å². The summed E-state index contributed by atoms with van der Waals surface area (Å²) in [5.74, 6) is 1.17. The van der Waals surface area contributed by atoms with Crippen molar-refractivity contribution in [3.05, 3.63) is 0 Å². The van der Waals surface area contributed by atoms with Gasteiger partial charge >= 0.3 is 0 Å². The number of piperidine rings is 1. The predicted molar refractivity (Wildman–Crippen MR) is 76.5 cm³/mol. The molecule has 0 aromatic carbocycles. The van der Waals surface area contributed by atoms with Crippen LogP contribution in [-0.2, 0) is 0 Å². The fraction of sp³-hybridized carbons (Fsp3) is 0.750. The van der Waals surface area contributed by atoms with Gasteiger partial charge in [0, 0.05) is 19.1 Å². The average Bonchev–Trinajstić information content (AvgIpc) is 2.72. The maximum absolute atomic E-state index is 5.74. The Bertz CT molecular complexity index is 374. The van der Waals surface area contributed by atoms with Gasteiger partial charge in [0.1, 0.15) is 0 Å². The number of nitrogens with one attached hydrogen (secondary N) is 1. The summed E-state index contributed by atoms with van der Waals surface area (Å²) in [6.07, 6.45) is 3.57. The van der Waals surface area contributed by atoms with Gasteiger partial charge in [0.25, 0.3) is 0 Å². The zero-order valence-corrected chi connectivity index (χ0v) is 11.9. The molecule has 5 nitrogen and oxygen atoms in total. The highest BCUT2D eigenvalue weighted by Crippen LogP contribution is 2.35. The second-order valence-electron chi connectivity index (χ2n) is 4.69. The minimum Gasteiger partial charge on any atom is -0.490 e. The number of methoxy groups -OCH3 is 1. The molecule has 1 fully saturated rings. The number of likely N-dealkylation sites (tertiary alicyclic amines) is 1. The lowest BCUT2D eigenvalue weighted by molar-refractivity contribution is 0.219. The Kier molecular flexibility index (Phi) is 4.66. The number of nitrogens with zero attached hydrogens (tertiary/aromatic N) is 2. The number of anilines is 2. The Morgan fingerprint density at radius 3 is 2.83 bits per heavy atom. The number of hydrogen-bond acceptors (Lipinski definition) is 6. The van der Waals surface area contributed by atoms with Gasteiger partial charge in [-0.25, -0.2) is 0 Å². The summed E-state index contributed by atoms with van der Waals surface area (Å²) >= 11 is 1.38. The van der Waals surface area contributed by atoms with Crippen LogP contribution < -0.4 is 15.8 Å². The lowest BCUT2D eigenvalue weighted by atomic mass is 10.1. The quantitative estimate of drug-likeness (QED) is 0.857. The van der Waals surface area contributed by atoms with E-state index in [2.05, 4.69) is 21.5 Å². The fourth-order valence-electron chi connectivity index (χ4n) is 2.39. The number of hydrogen-bond donors (Lipinski definition) is 2. The van der Waals surface area contributed by atoms with Crippen molar-refractivity contribution in [1.82, 2.24) is 9.27 Å². The maximum Gasteiger partial charge on any atom is 0.197 e. The van der Waals surface area contributed by atoms with E-state index in [1.807, 2.05) is 0 Å². The van der Waals surface area contributed by atoms with Gasteiger partial charge in [0.05, 0.1) is 7.11 Å². The van der Waals surface area contributed by atoms with E-state index in [1.54, 1.807) is 7.11 Å². The van der Waals surface area contributed by atoms with Gasteiger partial charge < -0.3 is 20.7 Å². The molecule has 0 unspecified atom stereocenters. The van der Waals surface area contributed by atoms with Crippen LogP contribution in [0.5, 0.6) is 5.75 Å². The van der Waals surface area contributed by atoms with Gasteiger partial charge in [0.2, 0.25) is 0 Å². The van der Waals surface area contributed by atoms with Gasteiger partial charge in [-0.1, -0.05) is 6.92 Å². The smallest absolute Gasteiger partial charge is 0.197 e. The monoisotopic (exact) mass is 270 g/mol. The zero-order valence-electron chi connectivity index (χ0n) is 11.1. The number of nitrogen functional groups attached to an aromatic ring is 1. The molecule has 0 atom stereocenters. The van der Waals surface area contributed by atoms with E-state index in [0.717, 1.165) is 5.00 Å². The summed E-state index contributed by atoms with van der Waals surface area (Å²) < 4.78 is 9.39. The highest BCUT2D eigenvalue weighted by Gasteiger charge is 2.21. The molecule has 0 radical (unpaired) electrons. The minimum absolute atomic E-state index is 0.480. The normalized spacial score (nSPS) is 17.9. The minimum atomic E-state index is 0.480.